The van der Waals surface area contributed by atoms with Gasteiger partial charge in [0.1, 0.15) is 18.0 Å². The topological polar surface area (TPSA) is 71.8 Å². The van der Waals surface area contributed by atoms with Gasteiger partial charge in [0.2, 0.25) is 0 Å². The highest BCUT2D eigenvalue weighted by atomic mass is 16.1. The number of aryl methyl sites for hydroxylation is 1. The molecule has 0 aliphatic rings. The van der Waals surface area contributed by atoms with E-state index in [2.05, 4.69) is 26.7 Å². The lowest BCUT2D eigenvalue weighted by Crippen LogP contribution is -2.26. The smallest absolute Gasteiger partial charge is 0.263 e. The van der Waals surface area contributed by atoms with E-state index in [9.17, 15) is 4.79 Å². The molecule has 0 saturated heterocycles. The Labute approximate surface area is 194 Å². The summed E-state index contributed by atoms with van der Waals surface area (Å²) in [6.07, 6.45) is 3.46. The van der Waals surface area contributed by atoms with Crippen LogP contribution in [0.2, 0.25) is 0 Å². The maximum Gasteiger partial charge on any atom is 0.263 e. The van der Waals surface area contributed by atoms with E-state index in [-0.39, 0.29) is 11.6 Å². The Balaban J connectivity index is 1.82. The molecule has 0 bridgehead atoms. The maximum absolute atomic E-state index is 13.7. The Morgan fingerprint density at radius 1 is 1.00 bits per heavy atom. The molecule has 4 aromatic rings. The fourth-order valence-corrected chi connectivity index (χ4v) is 3.95. The lowest BCUT2D eigenvalue weighted by Gasteiger charge is -2.22. The van der Waals surface area contributed by atoms with Crippen LogP contribution in [0.3, 0.4) is 0 Å². The molecule has 2 aromatic heterocycles. The van der Waals surface area contributed by atoms with Gasteiger partial charge in [-0.15, -0.1) is 0 Å². The van der Waals surface area contributed by atoms with Crippen LogP contribution in [-0.2, 0) is 0 Å². The number of aromatic nitrogens is 3. The van der Waals surface area contributed by atoms with Crippen LogP contribution in [0.4, 0.5) is 11.6 Å². The highest BCUT2D eigenvalue weighted by Crippen LogP contribution is 2.27. The molecule has 2 N–H and O–H groups in total. The van der Waals surface area contributed by atoms with Gasteiger partial charge in [0.05, 0.1) is 11.4 Å². The Bertz CT molecular complexity index is 1390. The van der Waals surface area contributed by atoms with E-state index < -0.39 is 0 Å². The molecule has 33 heavy (non-hydrogen) atoms. The molecule has 0 fully saturated rings. The summed E-state index contributed by atoms with van der Waals surface area (Å²) in [5, 5.41) is 8.41. The predicted molar refractivity (Wildman–Crippen MR) is 136 cm³/mol. The van der Waals surface area contributed by atoms with Gasteiger partial charge in [-0.3, -0.25) is 9.36 Å². The van der Waals surface area contributed by atoms with Crippen molar-refractivity contribution in [3.63, 3.8) is 0 Å². The van der Waals surface area contributed by atoms with E-state index in [1.54, 1.807) is 4.57 Å². The molecule has 1 unspecified atom stereocenters. The quantitative estimate of drug-likeness (QED) is 0.391. The van der Waals surface area contributed by atoms with Crippen LogP contribution in [0.1, 0.15) is 43.6 Å². The van der Waals surface area contributed by atoms with Gasteiger partial charge in [0, 0.05) is 23.1 Å². The van der Waals surface area contributed by atoms with Gasteiger partial charge in [-0.25, -0.2) is 9.97 Å². The number of pyridine rings is 1. The number of allylic oxidation sites excluding steroid dienone is 1. The molecule has 0 aliphatic carbocycles. The number of hydrogen-bond donors (Lipinski definition) is 2. The first kappa shape index (κ1) is 22.3. The van der Waals surface area contributed by atoms with Gasteiger partial charge >= 0.3 is 0 Å². The molecular formula is C27H29N5O. The number of para-hydroxylation sites is 1. The molecule has 168 valence electrons. The van der Waals surface area contributed by atoms with Crippen molar-refractivity contribution in [1.82, 2.24) is 14.5 Å². The van der Waals surface area contributed by atoms with Gasteiger partial charge in [0.15, 0.2) is 0 Å². The van der Waals surface area contributed by atoms with Crippen LogP contribution in [0.25, 0.3) is 16.5 Å². The molecule has 0 amide bonds. The number of nitrogens with zero attached hydrogens (tertiary/aromatic N) is 3. The second-order valence-electron chi connectivity index (χ2n) is 8.51. The first-order valence-electron chi connectivity index (χ1n) is 11.1. The third kappa shape index (κ3) is 4.51. The van der Waals surface area contributed by atoms with Crippen molar-refractivity contribution in [3.05, 3.63) is 99.9 Å². The number of anilines is 2. The first-order valence-corrected chi connectivity index (χ1v) is 11.1. The Kier molecular flexibility index (Phi) is 6.27. The Morgan fingerprint density at radius 3 is 2.45 bits per heavy atom. The van der Waals surface area contributed by atoms with Crippen LogP contribution in [0, 0.1) is 13.8 Å². The maximum atomic E-state index is 13.7. The summed E-state index contributed by atoms with van der Waals surface area (Å²) in [5.41, 5.74) is 4.70. The second kappa shape index (κ2) is 9.28. The van der Waals surface area contributed by atoms with E-state index >= 15 is 0 Å². The van der Waals surface area contributed by atoms with Gasteiger partial charge < -0.3 is 10.6 Å². The third-order valence-electron chi connectivity index (χ3n) is 5.68. The predicted octanol–water partition coefficient (Wildman–Crippen LogP) is 5.91. The molecule has 2 aromatic carbocycles. The fraction of sp³-hybridized carbons (Fsp3) is 0.222. The van der Waals surface area contributed by atoms with Crippen LogP contribution in [0.15, 0.2) is 77.5 Å². The zero-order valence-electron chi connectivity index (χ0n) is 19.7. The molecule has 0 spiro atoms. The molecule has 0 saturated carbocycles. The number of fused-ring (bicyclic) bond motifs is 1. The first-order chi connectivity index (χ1) is 15.9. The average Bonchev–Trinajstić information content (AvgIpc) is 2.80. The highest BCUT2D eigenvalue weighted by Gasteiger charge is 2.18. The van der Waals surface area contributed by atoms with Crippen LogP contribution >= 0.6 is 0 Å². The molecule has 1 atom stereocenters. The molecule has 0 radical (unpaired) electrons. The highest BCUT2D eigenvalue weighted by molar-refractivity contribution is 5.85. The lowest BCUT2D eigenvalue weighted by atomic mass is 10.0. The number of nitrogens with one attached hydrogen (secondary N) is 2. The standard InChI is InChI=1S/C27H29N5O/c1-17(2)15-28-25-19(4)26(30-16-29-25)31-20(5)23-14-21-11-9-10-18(3)24(21)27(33)32(23)22-12-7-6-8-13-22/h6-16,20H,1-5H3,(H2,28,29,30,31). The number of hydrogen-bond acceptors (Lipinski definition) is 5. The number of rotatable bonds is 6. The zero-order valence-corrected chi connectivity index (χ0v) is 19.7. The van der Waals surface area contributed by atoms with Crippen molar-refractivity contribution in [2.45, 2.75) is 40.7 Å². The summed E-state index contributed by atoms with van der Waals surface area (Å²) in [6.45, 7) is 10.0. The van der Waals surface area contributed by atoms with Crippen LogP contribution < -0.4 is 16.2 Å². The van der Waals surface area contributed by atoms with Crippen LogP contribution in [0.5, 0.6) is 0 Å². The van der Waals surface area contributed by atoms with Crippen molar-refractivity contribution in [1.29, 1.82) is 0 Å². The summed E-state index contributed by atoms with van der Waals surface area (Å²) >= 11 is 0. The molecule has 6 heteroatoms. The van der Waals surface area contributed by atoms with Crippen molar-refractivity contribution < 1.29 is 0 Å². The van der Waals surface area contributed by atoms with Crippen LogP contribution in [-0.4, -0.2) is 14.5 Å². The van der Waals surface area contributed by atoms with E-state index in [0.717, 1.165) is 50.5 Å². The average molecular weight is 440 g/mol. The zero-order chi connectivity index (χ0) is 23.5. The Morgan fingerprint density at radius 2 is 1.73 bits per heavy atom. The van der Waals surface area contributed by atoms with Crippen molar-refractivity contribution >= 4 is 22.4 Å². The van der Waals surface area contributed by atoms with Gasteiger partial charge in [-0.05, 0) is 63.8 Å². The largest absolute Gasteiger partial charge is 0.362 e. The Hall–Kier alpha value is -3.93. The minimum Gasteiger partial charge on any atom is -0.362 e. The van der Waals surface area contributed by atoms with E-state index in [1.807, 2.05) is 89.3 Å². The summed E-state index contributed by atoms with van der Waals surface area (Å²) in [6, 6.07) is 17.6. The van der Waals surface area contributed by atoms with Crippen molar-refractivity contribution in [3.8, 4) is 5.69 Å². The molecule has 6 nitrogen and oxygen atoms in total. The summed E-state index contributed by atoms with van der Waals surface area (Å²) in [7, 11) is 0. The lowest BCUT2D eigenvalue weighted by molar-refractivity contribution is 0.771. The van der Waals surface area contributed by atoms with Crippen molar-refractivity contribution in [2.75, 3.05) is 10.6 Å². The van der Waals surface area contributed by atoms with Gasteiger partial charge in [-0.1, -0.05) is 42.0 Å². The van der Waals surface area contributed by atoms with E-state index in [4.69, 9.17) is 0 Å². The minimum absolute atomic E-state index is 0.0224. The summed E-state index contributed by atoms with van der Waals surface area (Å²) < 4.78 is 1.80. The minimum atomic E-state index is -0.187. The number of benzene rings is 2. The van der Waals surface area contributed by atoms with E-state index in [0.29, 0.717) is 0 Å². The SMILES string of the molecule is CC(C)=CNc1ncnc(NC(C)c2cc3cccc(C)c3c(=O)n2-c2ccccc2)c1C. The molecule has 2 heterocycles. The van der Waals surface area contributed by atoms with E-state index in [1.165, 1.54) is 6.33 Å². The normalized spacial score (nSPS) is 11.8. The summed E-state index contributed by atoms with van der Waals surface area (Å²) in [4.78, 5) is 22.5. The summed E-state index contributed by atoms with van der Waals surface area (Å²) in [5.74, 6) is 1.47. The van der Waals surface area contributed by atoms with Gasteiger partial charge in [-0.2, -0.15) is 0 Å². The second-order valence-corrected chi connectivity index (χ2v) is 8.51. The molecule has 4 rings (SSSR count). The molecular weight excluding hydrogens is 410 g/mol. The monoisotopic (exact) mass is 439 g/mol. The fourth-order valence-electron chi connectivity index (χ4n) is 3.95. The third-order valence-corrected chi connectivity index (χ3v) is 5.68. The van der Waals surface area contributed by atoms with Gasteiger partial charge in [0.25, 0.3) is 5.56 Å². The van der Waals surface area contributed by atoms with Crippen molar-refractivity contribution in [2.24, 2.45) is 0 Å². The molecule has 0 aliphatic heterocycles.